The van der Waals surface area contributed by atoms with Gasteiger partial charge in [0.15, 0.2) is 0 Å². The zero-order valence-corrected chi connectivity index (χ0v) is 17.6. The lowest BCUT2D eigenvalue weighted by molar-refractivity contribution is -0.385. The van der Waals surface area contributed by atoms with Crippen LogP contribution in [0.5, 0.6) is 0 Å². The van der Waals surface area contributed by atoms with Gasteiger partial charge in [0.25, 0.3) is 11.2 Å². The minimum absolute atomic E-state index is 0.0762. The van der Waals surface area contributed by atoms with E-state index in [1.807, 2.05) is 0 Å². The minimum atomic E-state index is -0.943. The summed E-state index contributed by atoms with van der Waals surface area (Å²) in [5.41, 5.74) is 4.94. The Morgan fingerprint density at radius 2 is 2.15 bits per heavy atom. The average Bonchev–Trinajstić information content (AvgIpc) is 3.17. The zero-order chi connectivity index (χ0) is 24.0. The monoisotopic (exact) mass is 460 g/mol. The summed E-state index contributed by atoms with van der Waals surface area (Å²) in [4.78, 5) is 37.3. The fourth-order valence-corrected chi connectivity index (χ4v) is 3.43. The van der Waals surface area contributed by atoms with E-state index in [2.05, 4.69) is 16.8 Å². The van der Waals surface area contributed by atoms with Crippen molar-refractivity contribution in [2.45, 2.75) is 37.9 Å². The molecule has 1 aliphatic heterocycles. The molecule has 0 radical (unpaired) electrons. The Morgan fingerprint density at radius 3 is 2.82 bits per heavy atom. The Hall–Kier alpha value is -3.34. The highest BCUT2D eigenvalue weighted by atomic mass is 16.6. The quantitative estimate of drug-likeness (QED) is 0.169. The molecular formula is C21H24N4O8. The van der Waals surface area contributed by atoms with Gasteiger partial charge in [-0.1, -0.05) is 17.9 Å². The third-order valence-corrected chi connectivity index (χ3v) is 5.13. The minimum Gasteiger partial charge on any atom is -0.394 e. The van der Waals surface area contributed by atoms with E-state index in [-0.39, 0.29) is 43.9 Å². The molecule has 1 aromatic heterocycles. The molecule has 12 heteroatoms. The van der Waals surface area contributed by atoms with Gasteiger partial charge in [0.1, 0.15) is 12.3 Å². The number of nitro benzene ring substituents is 1. The maximum Gasteiger partial charge on any atom is 0.330 e. The summed E-state index contributed by atoms with van der Waals surface area (Å²) in [6, 6.07) is 4.62. The van der Waals surface area contributed by atoms with E-state index in [1.54, 1.807) is 12.1 Å². The van der Waals surface area contributed by atoms with E-state index < -0.39 is 41.2 Å². The van der Waals surface area contributed by atoms with Crippen LogP contribution in [0, 0.1) is 22.0 Å². The normalized spacial score (nSPS) is 19.8. The molecule has 0 saturated carbocycles. The number of nitrogens with zero attached hydrogens (tertiary/aromatic N) is 2. The maximum absolute atomic E-state index is 12.2. The first-order valence-electron chi connectivity index (χ1n) is 10.2. The molecule has 3 rings (SSSR count). The lowest BCUT2D eigenvalue weighted by Crippen LogP contribution is -2.34. The van der Waals surface area contributed by atoms with Crippen molar-refractivity contribution in [3.63, 3.8) is 0 Å². The topological polar surface area (TPSA) is 183 Å². The SMILES string of the molecule is NCC#Cc1ccc(CCOCc2cn([C@H]3C[C@H](O)[C@@H](CO)O3)c(=O)[nH]c2=O)c([N+](=O)[O-])c1. The Balaban J connectivity index is 1.66. The molecule has 0 amide bonds. The first-order chi connectivity index (χ1) is 15.8. The van der Waals surface area contributed by atoms with Crippen LogP contribution in [0.25, 0.3) is 0 Å². The van der Waals surface area contributed by atoms with Crippen molar-refractivity contribution < 1.29 is 24.6 Å². The van der Waals surface area contributed by atoms with Crippen LogP contribution in [-0.2, 0) is 22.5 Å². The fraction of sp³-hybridized carbons (Fsp3) is 0.429. The highest BCUT2D eigenvalue weighted by molar-refractivity contribution is 5.49. The van der Waals surface area contributed by atoms with Gasteiger partial charge < -0.3 is 25.4 Å². The number of hydrogen-bond acceptors (Lipinski definition) is 9. The number of H-pyrrole nitrogens is 1. The van der Waals surface area contributed by atoms with Crippen LogP contribution in [0.3, 0.4) is 0 Å². The van der Waals surface area contributed by atoms with Gasteiger partial charge in [-0.05, 0) is 6.07 Å². The predicted octanol–water partition coefficient (Wildman–Crippen LogP) is -0.845. The van der Waals surface area contributed by atoms with E-state index in [9.17, 15) is 29.9 Å². The number of nitrogens with two attached hydrogens (primary N) is 1. The molecule has 33 heavy (non-hydrogen) atoms. The van der Waals surface area contributed by atoms with Gasteiger partial charge in [0, 0.05) is 36.2 Å². The number of aliphatic hydroxyl groups is 2. The number of aromatic nitrogens is 2. The first-order valence-corrected chi connectivity index (χ1v) is 10.2. The van der Waals surface area contributed by atoms with Crippen LogP contribution in [0.15, 0.2) is 34.0 Å². The summed E-state index contributed by atoms with van der Waals surface area (Å²) in [5.74, 6) is 5.39. The molecule has 0 aliphatic carbocycles. The summed E-state index contributed by atoms with van der Waals surface area (Å²) < 4.78 is 12.1. The van der Waals surface area contributed by atoms with E-state index in [4.69, 9.17) is 15.2 Å². The summed E-state index contributed by atoms with van der Waals surface area (Å²) >= 11 is 0. The van der Waals surface area contributed by atoms with Gasteiger partial charge in [-0.25, -0.2) is 4.79 Å². The second-order valence-corrected chi connectivity index (χ2v) is 7.34. The molecule has 176 valence electrons. The third-order valence-electron chi connectivity index (χ3n) is 5.13. The van der Waals surface area contributed by atoms with Crippen molar-refractivity contribution in [2.24, 2.45) is 5.73 Å². The molecule has 1 aliphatic rings. The van der Waals surface area contributed by atoms with Gasteiger partial charge in [-0.3, -0.25) is 24.5 Å². The van der Waals surface area contributed by atoms with Crippen molar-refractivity contribution in [1.29, 1.82) is 0 Å². The summed E-state index contributed by atoms with van der Waals surface area (Å²) in [6.07, 6.45) is -1.03. The number of benzene rings is 1. The van der Waals surface area contributed by atoms with Crippen LogP contribution in [0.4, 0.5) is 5.69 Å². The van der Waals surface area contributed by atoms with Crippen LogP contribution >= 0.6 is 0 Å². The second kappa shape index (κ2) is 11.0. The van der Waals surface area contributed by atoms with Crippen molar-refractivity contribution in [2.75, 3.05) is 19.8 Å². The van der Waals surface area contributed by atoms with Gasteiger partial charge in [0.2, 0.25) is 0 Å². The molecule has 12 nitrogen and oxygen atoms in total. The lowest BCUT2D eigenvalue weighted by Gasteiger charge is -2.15. The predicted molar refractivity (Wildman–Crippen MR) is 115 cm³/mol. The van der Waals surface area contributed by atoms with Crippen molar-refractivity contribution in [3.8, 4) is 11.8 Å². The van der Waals surface area contributed by atoms with Gasteiger partial charge >= 0.3 is 5.69 Å². The van der Waals surface area contributed by atoms with E-state index in [1.165, 1.54) is 12.3 Å². The molecule has 0 unspecified atom stereocenters. The Morgan fingerprint density at radius 1 is 1.36 bits per heavy atom. The average molecular weight is 460 g/mol. The van der Waals surface area contributed by atoms with E-state index >= 15 is 0 Å². The standard InChI is InChI=1S/C21H24N4O8/c22-6-1-2-13-3-4-14(16(8-13)25(30)31)5-7-32-12-15-10-24(21(29)23-20(15)28)19-9-17(27)18(11-26)33-19/h3-4,8,10,17-19,26-27H,5-7,9,11-12,22H2,(H,23,28,29)/t17-,18+,19+/m0/s1. The van der Waals surface area contributed by atoms with Crippen molar-refractivity contribution in [1.82, 2.24) is 9.55 Å². The van der Waals surface area contributed by atoms with Gasteiger partial charge in [-0.2, -0.15) is 0 Å². The number of nitrogens with one attached hydrogen (secondary N) is 1. The van der Waals surface area contributed by atoms with Crippen molar-refractivity contribution in [3.05, 3.63) is 72.0 Å². The maximum atomic E-state index is 12.2. The molecule has 1 fully saturated rings. The number of ether oxygens (including phenoxy) is 2. The third kappa shape index (κ3) is 5.92. The highest BCUT2D eigenvalue weighted by Gasteiger charge is 2.35. The Labute approximate surface area is 187 Å². The van der Waals surface area contributed by atoms with Gasteiger partial charge in [0.05, 0.1) is 43.0 Å². The number of nitro groups is 1. The molecule has 0 bridgehead atoms. The highest BCUT2D eigenvalue weighted by Crippen LogP contribution is 2.27. The van der Waals surface area contributed by atoms with Crippen LogP contribution in [0.1, 0.15) is 29.3 Å². The lowest BCUT2D eigenvalue weighted by atomic mass is 10.1. The van der Waals surface area contributed by atoms with Gasteiger partial charge in [-0.15, -0.1) is 0 Å². The first kappa shape index (κ1) is 24.3. The number of hydrogen-bond donors (Lipinski definition) is 4. The number of aliphatic hydroxyl groups excluding tert-OH is 2. The van der Waals surface area contributed by atoms with Crippen molar-refractivity contribution >= 4 is 5.69 Å². The molecule has 1 saturated heterocycles. The largest absolute Gasteiger partial charge is 0.394 e. The summed E-state index contributed by atoms with van der Waals surface area (Å²) in [5, 5.41) is 30.5. The number of aromatic amines is 1. The molecular weight excluding hydrogens is 436 g/mol. The molecule has 0 spiro atoms. The van der Waals surface area contributed by atoms with E-state index in [0.717, 1.165) is 4.57 Å². The van der Waals surface area contributed by atoms with Crippen LogP contribution in [-0.4, -0.2) is 56.7 Å². The molecule has 2 heterocycles. The molecule has 5 N–H and O–H groups in total. The zero-order valence-electron chi connectivity index (χ0n) is 17.6. The summed E-state index contributed by atoms with van der Waals surface area (Å²) in [7, 11) is 0. The van der Waals surface area contributed by atoms with Crippen LogP contribution in [0.2, 0.25) is 0 Å². The van der Waals surface area contributed by atoms with E-state index in [0.29, 0.717) is 11.1 Å². The fourth-order valence-electron chi connectivity index (χ4n) is 3.43. The number of rotatable bonds is 8. The molecule has 1 aromatic carbocycles. The second-order valence-electron chi connectivity index (χ2n) is 7.34. The molecule has 3 atom stereocenters. The Bertz CT molecular complexity index is 1180. The summed E-state index contributed by atoms with van der Waals surface area (Å²) in [6.45, 7) is -0.329. The van der Waals surface area contributed by atoms with Crippen LogP contribution < -0.4 is 17.0 Å². The molecule has 2 aromatic rings. The Kier molecular flexibility index (Phi) is 8.10. The smallest absolute Gasteiger partial charge is 0.330 e.